The predicted octanol–water partition coefficient (Wildman–Crippen LogP) is 1.84. The lowest BCUT2D eigenvalue weighted by atomic mass is 10.2. The molecule has 6 nitrogen and oxygen atoms in total. The summed E-state index contributed by atoms with van der Waals surface area (Å²) in [6.07, 6.45) is 4.02. The first kappa shape index (κ1) is 11.5. The van der Waals surface area contributed by atoms with Gasteiger partial charge in [-0.1, -0.05) is 0 Å². The second-order valence-corrected chi connectivity index (χ2v) is 3.27. The lowest BCUT2D eigenvalue weighted by molar-refractivity contribution is 0.0694. The van der Waals surface area contributed by atoms with Crippen LogP contribution in [0.4, 0.5) is 0 Å². The van der Waals surface area contributed by atoms with Crippen LogP contribution in [0.2, 0.25) is 0 Å². The highest BCUT2D eigenvalue weighted by Crippen LogP contribution is 2.23. The maximum absolute atomic E-state index is 10.9. The Kier molecular flexibility index (Phi) is 3.16. The number of nitriles is 1. The number of hydrogen-bond donors (Lipinski definition) is 1. The van der Waals surface area contributed by atoms with Crippen molar-refractivity contribution in [1.29, 1.82) is 5.26 Å². The van der Waals surface area contributed by atoms with E-state index < -0.39 is 5.97 Å². The van der Waals surface area contributed by atoms with Gasteiger partial charge in [-0.2, -0.15) is 5.26 Å². The summed E-state index contributed by atoms with van der Waals surface area (Å²) in [5, 5.41) is 17.6. The third-order valence-electron chi connectivity index (χ3n) is 2.09. The van der Waals surface area contributed by atoms with Gasteiger partial charge in [0.2, 0.25) is 0 Å². The minimum absolute atomic E-state index is 0.00867. The molecule has 18 heavy (non-hydrogen) atoms. The van der Waals surface area contributed by atoms with Crippen LogP contribution >= 0.6 is 0 Å². The van der Waals surface area contributed by atoms with Gasteiger partial charge in [0.1, 0.15) is 23.1 Å². The molecule has 0 amide bonds. The number of hydrogen-bond acceptors (Lipinski definition) is 5. The minimum atomic E-state index is -1.10. The van der Waals surface area contributed by atoms with Crippen LogP contribution in [0, 0.1) is 11.3 Å². The van der Waals surface area contributed by atoms with Crippen molar-refractivity contribution in [3.63, 3.8) is 0 Å². The SMILES string of the molecule is N#Cc1ccc(Oc2cnccc2C(=O)O)cn1. The van der Waals surface area contributed by atoms with Gasteiger partial charge in [0.25, 0.3) is 0 Å². The average molecular weight is 241 g/mol. The average Bonchev–Trinajstić information content (AvgIpc) is 2.40. The molecule has 1 N–H and O–H groups in total. The Bertz CT molecular complexity index is 617. The molecule has 2 aromatic rings. The molecule has 0 fully saturated rings. The second kappa shape index (κ2) is 4.93. The van der Waals surface area contributed by atoms with Crippen LogP contribution in [0.3, 0.4) is 0 Å². The van der Waals surface area contributed by atoms with Gasteiger partial charge in [0.15, 0.2) is 5.75 Å². The summed E-state index contributed by atoms with van der Waals surface area (Å²) >= 11 is 0. The van der Waals surface area contributed by atoms with Crippen LogP contribution in [0.5, 0.6) is 11.5 Å². The van der Waals surface area contributed by atoms with Gasteiger partial charge in [0.05, 0.1) is 12.4 Å². The van der Waals surface area contributed by atoms with Crippen LogP contribution in [-0.4, -0.2) is 21.0 Å². The first-order valence-electron chi connectivity index (χ1n) is 4.92. The van der Waals surface area contributed by atoms with Crippen LogP contribution in [0.15, 0.2) is 36.8 Å². The van der Waals surface area contributed by atoms with E-state index in [1.807, 2.05) is 6.07 Å². The van der Waals surface area contributed by atoms with Crippen molar-refractivity contribution in [2.75, 3.05) is 0 Å². The molecule has 0 atom stereocenters. The van der Waals surface area contributed by atoms with Gasteiger partial charge in [0, 0.05) is 6.20 Å². The first-order chi connectivity index (χ1) is 8.70. The van der Waals surface area contributed by atoms with E-state index in [-0.39, 0.29) is 17.0 Å². The lowest BCUT2D eigenvalue weighted by Gasteiger charge is -2.07. The Morgan fingerprint density at radius 2 is 2.17 bits per heavy atom. The maximum atomic E-state index is 10.9. The third-order valence-corrected chi connectivity index (χ3v) is 2.09. The molecule has 0 radical (unpaired) electrons. The molecule has 0 bridgehead atoms. The van der Waals surface area contributed by atoms with Crippen molar-refractivity contribution in [1.82, 2.24) is 9.97 Å². The Morgan fingerprint density at radius 3 is 2.78 bits per heavy atom. The Morgan fingerprint density at radius 1 is 1.33 bits per heavy atom. The summed E-state index contributed by atoms with van der Waals surface area (Å²) in [6.45, 7) is 0. The normalized spacial score (nSPS) is 9.50. The molecular weight excluding hydrogens is 234 g/mol. The van der Waals surface area contributed by atoms with Crippen LogP contribution in [0.25, 0.3) is 0 Å². The smallest absolute Gasteiger partial charge is 0.339 e. The highest BCUT2D eigenvalue weighted by molar-refractivity contribution is 5.90. The highest BCUT2D eigenvalue weighted by atomic mass is 16.5. The minimum Gasteiger partial charge on any atom is -0.478 e. The van der Waals surface area contributed by atoms with Crippen molar-refractivity contribution in [3.05, 3.63) is 48.0 Å². The number of pyridine rings is 2. The predicted molar refractivity (Wildman–Crippen MR) is 60.2 cm³/mol. The van der Waals surface area contributed by atoms with E-state index in [4.69, 9.17) is 15.1 Å². The summed E-state index contributed by atoms with van der Waals surface area (Å²) in [4.78, 5) is 18.6. The van der Waals surface area contributed by atoms with Gasteiger partial charge in [-0.05, 0) is 18.2 Å². The number of ether oxygens (including phenoxy) is 1. The quantitative estimate of drug-likeness (QED) is 0.880. The Labute approximate surface area is 102 Å². The Balaban J connectivity index is 2.28. The fourth-order valence-corrected chi connectivity index (χ4v) is 1.27. The molecule has 2 heterocycles. The number of nitrogens with zero attached hydrogens (tertiary/aromatic N) is 3. The second-order valence-electron chi connectivity index (χ2n) is 3.27. The molecule has 88 valence electrons. The van der Waals surface area contributed by atoms with Crippen LogP contribution in [0.1, 0.15) is 16.1 Å². The number of aromatic carboxylic acids is 1. The van der Waals surface area contributed by atoms with E-state index >= 15 is 0 Å². The number of rotatable bonds is 3. The Hall–Kier alpha value is -2.94. The number of carbonyl (C=O) groups is 1. The topological polar surface area (TPSA) is 96.1 Å². The largest absolute Gasteiger partial charge is 0.478 e. The highest BCUT2D eigenvalue weighted by Gasteiger charge is 2.11. The molecule has 0 spiro atoms. The summed E-state index contributed by atoms with van der Waals surface area (Å²) in [7, 11) is 0. The van der Waals surface area contributed by atoms with Crippen molar-refractivity contribution in [2.45, 2.75) is 0 Å². The van der Waals surface area contributed by atoms with Crippen molar-refractivity contribution < 1.29 is 14.6 Å². The molecule has 0 aliphatic carbocycles. The zero-order valence-electron chi connectivity index (χ0n) is 9.07. The van der Waals surface area contributed by atoms with E-state index in [0.717, 1.165) is 0 Å². The van der Waals surface area contributed by atoms with Gasteiger partial charge >= 0.3 is 5.97 Å². The van der Waals surface area contributed by atoms with Crippen molar-refractivity contribution >= 4 is 5.97 Å². The molecule has 0 saturated heterocycles. The summed E-state index contributed by atoms with van der Waals surface area (Å²) in [6, 6.07) is 6.23. The van der Waals surface area contributed by atoms with E-state index in [1.54, 1.807) is 0 Å². The molecule has 2 aromatic heterocycles. The molecule has 6 heteroatoms. The molecule has 0 unspecified atom stereocenters. The fraction of sp³-hybridized carbons (Fsp3) is 0. The molecule has 2 rings (SSSR count). The zero-order chi connectivity index (χ0) is 13.0. The van der Waals surface area contributed by atoms with Crippen LogP contribution < -0.4 is 4.74 Å². The molecule has 0 saturated carbocycles. The third kappa shape index (κ3) is 2.41. The first-order valence-corrected chi connectivity index (χ1v) is 4.92. The van der Waals surface area contributed by atoms with E-state index in [2.05, 4.69) is 9.97 Å². The van der Waals surface area contributed by atoms with Gasteiger partial charge in [-0.3, -0.25) is 4.98 Å². The maximum Gasteiger partial charge on any atom is 0.339 e. The number of carboxylic acids is 1. The molecule has 0 aromatic carbocycles. The standard InChI is InChI=1S/C12H7N3O3/c13-5-8-1-2-9(6-15-8)18-11-7-14-4-3-10(11)12(16)17/h1-4,6-7H,(H,16,17). The van der Waals surface area contributed by atoms with Crippen molar-refractivity contribution in [3.8, 4) is 17.6 Å². The van der Waals surface area contributed by atoms with Crippen LogP contribution in [-0.2, 0) is 0 Å². The number of carboxylic acid groups (broad SMARTS) is 1. The summed E-state index contributed by atoms with van der Waals surface area (Å²) in [5.74, 6) is -0.644. The van der Waals surface area contributed by atoms with Gasteiger partial charge in [-0.25, -0.2) is 9.78 Å². The zero-order valence-corrected chi connectivity index (χ0v) is 9.07. The van der Waals surface area contributed by atoms with Crippen molar-refractivity contribution in [2.24, 2.45) is 0 Å². The molecule has 0 aliphatic rings. The monoisotopic (exact) mass is 241 g/mol. The number of aromatic nitrogens is 2. The molecule has 0 aliphatic heterocycles. The van der Waals surface area contributed by atoms with E-state index in [1.165, 1.54) is 36.8 Å². The summed E-state index contributed by atoms with van der Waals surface area (Å²) in [5.41, 5.74) is 0.265. The molecular formula is C12H7N3O3. The summed E-state index contributed by atoms with van der Waals surface area (Å²) < 4.78 is 5.36. The van der Waals surface area contributed by atoms with E-state index in [0.29, 0.717) is 5.75 Å². The fourth-order valence-electron chi connectivity index (χ4n) is 1.27. The lowest BCUT2D eigenvalue weighted by Crippen LogP contribution is -2.00. The van der Waals surface area contributed by atoms with Gasteiger partial charge < -0.3 is 9.84 Å². The van der Waals surface area contributed by atoms with Gasteiger partial charge in [-0.15, -0.1) is 0 Å². The van der Waals surface area contributed by atoms with E-state index in [9.17, 15) is 4.79 Å².